The van der Waals surface area contributed by atoms with Crippen molar-refractivity contribution < 1.29 is 4.39 Å². The summed E-state index contributed by atoms with van der Waals surface area (Å²) >= 11 is 0. The largest absolute Gasteiger partial charge is 0.365 e. The maximum atomic E-state index is 13.8. The van der Waals surface area contributed by atoms with Crippen molar-refractivity contribution in [1.82, 2.24) is 0 Å². The molecule has 1 heterocycles. The number of benzene rings is 1. The number of hydrogen-bond acceptors (Lipinski definition) is 2. The van der Waals surface area contributed by atoms with Gasteiger partial charge in [-0.2, -0.15) is 0 Å². The Morgan fingerprint density at radius 1 is 1.41 bits per heavy atom. The van der Waals surface area contributed by atoms with Crippen molar-refractivity contribution in [2.24, 2.45) is 5.73 Å². The van der Waals surface area contributed by atoms with Crippen molar-refractivity contribution in [3.05, 3.63) is 29.6 Å². The third-order valence-electron chi connectivity index (χ3n) is 3.41. The molecule has 17 heavy (non-hydrogen) atoms. The minimum Gasteiger partial charge on any atom is -0.365 e. The van der Waals surface area contributed by atoms with Crippen LogP contribution in [0.15, 0.2) is 18.2 Å². The molecule has 1 aliphatic rings. The Kier molecular flexibility index (Phi) is 3.38. The highest BCUT2D eigenvalue weighted by Gasteiger charge is 2.32. The number of nitrogens with two attached hydrogens (primary N) is 1. The minimum atomic E-state index is -0.0830. The molecule has 1 aliphatic heterocycles. The third kappa shape index (κ3) is 2.29. The molecular weight excluding hydrogens is 215 g/mol. The van der Waals surface area contributed by atoms with Crippen LogP contribution in [0.1, 0.15) is 32.8 Å². The topological polar surface area (TPSA) is 29.3 Å². The van der Waals surface area contributed by atoms with Crippen LogP contribution in [0, 0.1) is 5.82 Å². The summed E-state index contributed by atoms with van der Waals surface area (Å²) in [5.74, 6) is -0.0830. The summed E-state index contributed by atoms with van der Waals surface area (Å²) in [4.78, 5) is 2.31. The summed E-state index contributed by atoms with van der Waals surface area (Å²) in [7, 11) is 0. The Bertz CT molecular complexity index is 401. The quantitative estimate of drug-likeness (QED) is 0.874. The number of nitrogens with zero attached hydrogens (tertiary/aromatic N) is 1. The molecule has 0 saturated carbocycles. The van der Waals surface area contributed by atoms with Crippen LogP contribution in [0.2, 0.25) is 0 Å². The molecule has 1 aromatic rings. The van der Waals surface area contributed by atoms with E-state index in [1.807, 2.05) is 13.0 Å². The lowest BCUT2D eigenvalue weighted by Gasteiger charge is -2.32. The number of hydrogen-bond donors (Lipinski definition) is 1. The fourth-order valence-corrected chi connectivity index (χ4v) is 2.85. The maximum absolute atomic E-state index is 13.8. The number of anilines is 1. The molecule has 2 N–H and O–H groups in total. The summed E-state index contributed by atoms with van der Waals surface area (Å²) in [6.07, 6.45) is 1.69. The Balaban J connectivity index is 2.34. The molecule has 2 nitrogen and oxygen atoms in total. The van der Waals surface area contributed by atoms with Crippen molar-refractivity contribution in [3.8, 4) is 0 Å². The van der Waals surface area contributed by atoms with Gasteiger partial charge in [-0.25, -0.2) is 4.39 Å². The summed E-state index contributed by atoms with van der Waals surface area (Å²) in [5, 5.41) is 0. The second-order valence-corrected chi connectivity index (χ2v) is 5.31. The Hall–Kier alpha value is -1.09. The first-order valence-electron chi connectivity index (χ1n) is 6.32. The molecule has 0 fully saturated rings. The van der Waals surface area contributed by atoms with Crippen LogP contribution in [0.5, 0.6) is 0 Å². The molecule has 2 rings (SSSR count). The summed E-state index contributed by atoms with van der Waals surface area (Å²) < 4.78 is 13.8. The standard InChI is InChI=1S/C14H21FN2/c1-9(2)17-11(7-10(3)16)8-12-13(15)5-4-6-14(12)17/h4-6,9-11H,7-8,16H2,1-3H3. The van der Waals surface area contributed by atoms with Crippen LogP contribution >= 0.6 is 0 Å². The van der Waals surface area contributed by atoms with E-state index in [-0.39, 0.29) is 11.9 Å². The molecule has 2 atom stereocenters. The highest BCUT2D eigenvalue weighted by Crippen LogP contribution is 2.36. The zero-order valence-corrected chi connectivity index (χ0v) is 10.8. The SMILES string of the molecule is CC(N)CC1Cc2c(F)cccc2N1C(C)C. The van der Waals surface area contributed by atoms with Gasteiger partial charge in [0.2, 0.25) is 0 Å². The first-order chi connectivity index (χ1) is 8.00. The van der Waals surface area contributed by atoms with Gasteiger partial charge < -0.3 is 10.6 Å². The lowest BCUT2D eigenvalue weighted by Crippen LogP contribution is -2.40. The van der Waals surface area contributed by atoms with E-state index in [2.05, 4.69) is 18.7 Å². The van der Waals surface area contributed by atoms with Gasteiger partial charge in [-0.1, -0.05) is 6.07 Å². The number of halogens is 1. The van der Waals surface area contributed by atoms with Crippen molar-refractivity contribution in [3.63, 3.8) is 0 Å². The van der Waals surface area contributed by atoms with Crippen molar-refractivity contribution in [1.29, 1.82) is 0 Å². The van der Waals surface area contributed by atoms with Crippen LogP contribution < -0.4 is 10.6 Å². The van der Waals surface area contributed by atoms with Gasteiger partial charge in [0.1, 0.15) is 5.82 Å². The van der Waals surface area contributed by atoms with Gasteiger partial charge in [-0.05, 0) is 45.7 Å². The van der Waals surface area contributed by atoms with Gasteiger partial charge >= 0.3 is 0 Å². The second kappa shape index (κ2) is 4.65. The van der Waals surface area contributed by atoms with Gasteiger partial charge in [0.25, 0.3) is 0 Å². The van der Waals surface area contributed by atoms with Crippen molar-refractivity contribution in [2.75, 3.05) is 4.90 Å². The van der Waals surface area contributed by atoms with Gasteiger partial charge in [0.05, 0.1) is 0 Å². The first kappa shape index (κ1) is 12.4. The molecule has 0 spiro atoms. The predicted octanol–water partition coefficient (Wildman–Crippen LogP) is 2.70. The zero-order valence-electron chi connectivity index (χ0n) is 10.8. The minimum absolute atomic E-state index is 0.0830. The average molecular weight is 236 g/mol. The number of fused-ring (bicyclic) bond motifs is 1. The lowest BCUT2D eigenvalue weighted by molar-refractivity contribution is 0.493. The van der Waals surface area contributed by atoms with Crippen LogP contribution in [0.25, 0.3) is 0 Å². The van der Waals surface area contributed by atoms with E-state index < -0.39 is 0 Å². The van der Waals surface area contributed by atoms with E-state index >= 15 is 0 Å². The molecule has 0 bridgehead atoms. The lowest BCUT2D eigenvalue weighted by atomic mass is 10.0. The molecule has 0 radical (unpaired) electrons. The van der Waals surface area contributed by atoms with E-state index in [9.17, 15) is 4.39 Å². The molecule has 0 aromatic heterocycles. The summed E-state index contributed by atoms with van der Waals surface area (Å²) in [6, 6.07) is 6.21. The van der Waals surface area contributed by atoms with Crippen LogP contribution in [0.4, 0.5) is 10.1 Å². The number of rotatable bonds is 3. The van der Waals surface area contributed by atoms with Crippen LogP contribution in [-0.2, 0) is 6.42 Å². The molecule has 0 aliphatic carbocycles. The third-order valence-corrected chi connectivity index (χ3v) is 3.41. The first-order valence-corrected chi connectivity index (χ1v) is 6.32. The molecule has 1 aromatic carbocycles. The fourth-order valence-electron chi connectivity index (χ4n) is 2.85. The van der Waals surface area contributed by atoms with Crippen molar-refractivity contribution in [2.45, 2.75) is 51.7 Å². The average Bonchev–Trinajstić information content (AvgIpc) is 2.56. The Labute approximate surface area is 103 Å². The normalized spacial score (nSPS) is 20.8. The zero-order chi connectivity index (χ0) is 12.6. The highest BCUT2D eigenvalue weighted by atomic mass is 19.1. The second-order valence-electron chi connectivity index (χ2n) is 5.31. The van der Waals surface area contributed by atoms with Gasteiger partial charge in [0.15, 0.2) is 0 Å². The predicted molar refractivity (Wildman–Crippen MR) is 69.8 cm³/mol. The molecule has 94 valence electrons. The Morgan fingerprint density at radius 2 is 2.12 bits per heavy atom. The Morgan fingerprint density at radius 3 is 2.71 bits per heavy atom. The molecule has 0 amide bonds. The smallest absolute Gasteiger partial charge is 0.128 e. The summed E-state index contributed by atoms with van der Waals surface area (Å²) in [6.45, 7) is 6.31. The van der Waals surface area contributed by atoms with E-state index in [0.29, 0.717) is 12.1 Å². The summed E-state index contributed by atoms with van der Waals surface area (Å²) in [5.41, 5.74) is 7.79. The molecule has 3 heteroatoms. The van der Waals surface area contributed by atoms with Crippen LogP contribution in [-0.4, -0.2) is 18.1 Å². The van der Waals surface area contributed by atoms with Gasteiger partial charge in [-0.3, -0.25) is 0 Å². The fraction of sp³-hybridized carbons (Fsp3) is 0.571. The van der Waals surface area contributed by atoms with Crippen LogP contribution in [0.3, 0.4) is 0 Å². The molecule has 2 unspecified atom stereocenters. The van der Waals surface area contributed by atoms with E-state index in [4.69, 9.17) is 5.73 Å². The van der Waals surface area contributed by atoms with E-state index in [0.717, 1.165) is 24.1 Å². The van der Waals surface area contributed by atoms with Gasteiger partial charge in [-0.15, -0.1) is 0 Å². The van der Waals surface area contributed by atoms with Crippen molar-refractivity contribution >= 4 is 5.69 Å². The highest BCUT2D eigenvalue weighted by molar-refractivity contribution is 5.60. The van der Waals surface area contributed by atoms with E-state index in [1.165, 1.54) is 0 Å². The monoisotopic (exact) mass is 236 g/mol. The van der Waals surface area contributed by atoms with Gasteiger partial charge in [0, 0.05) is 29.4 Å². The molecule has 0 saturated heterocycles. The molecular formula is C14H21FN2. The maximum Gasteiger partial charge on any atom is 0.128 e. The van der Waals surface area contributed by atoms with E-state index in [1.54, 1.807) is 12.1 Å².